The van der Waals surface area contributed by atoms with Gasteiger partial charge in [0, 0.05) is 42.3 Å². The molecule has 8 nitrogen and oxygen atoms in total. The number of benzene rings is 1. The van der Waals surface area contributed by atoms with E-state index in [2.05, 4.69) is 20.2 Å². The van der Waals surface area contributed by atoms with E-state index in [-0.39, 0.29) is 29.1 Å². The number of ether oxygens (including phenoxy) is 1. The molecule has 4 heterocycles. The largest absolute Gasteiger partial charge is 0.504 e. The molecule has 2 aromatic heterocycles. The van der Waals surface area contributed by atoms with Gasteiger partial charge in [-0.2, -0.15) is 0 Å². The van der Waals surface area contributed by atoms with Crippen molar-refractivity contribution in [2.24, 2.45) is 4.99 Å². The lowest BCUT2D eigenvalue weighted by Gasteiger charge is -2.28. The summed E-state index contributed by atoms with van der Waals surface area (Å²) in [5, 5.41) is 13.9. The smallest absolute Gasteiger partial charge is 0.347 e. The number of anilines is 2. The van der Waals surface area contributed by atoms with Gasteiger partial charge in [0.15, 0.2) is 22.9 Å². The normalized spacial score (nSPS) is 17.2. The third-order valence-electron chi connectivity index (χ3n) is 5.86. The van der Waals surface area contributed by atoms with Crippen LogP contribution in [-0.4, -0.2) is 53.4 Å². The minimum Gasteiger partial charge on any atom is -0.504 e. The van der Waals surface area contributed by atoms with E-state index in [1.54, 1.807) is 24.6 Å². The van der Waals surface area contributed by atoms with Crippen molar-refractivity contribution in [1.82, 2.24) is 9.88 Å². The minimum absolute atomic E-state index is 0.00947. The number of aliphatic imine (C=N–C) groups is 1. The van der Waals surface area contributed by atoms with Crippen molar-refractivity contribution in [2.75, 3.05) is 25.5 Å². The Hall–Kier alpha value is -3.98. The first-order valence-electron chi connectivity index (χ1n) is 11.0. The van der Waals surface area contributed by atoms with E-state index >= 15 is 0 Å². The van der Waals surface area contributed by atoms with Gasteiger partial charge in [0.1, 0.15) is 11.9 Å². The van der Waals surface area contributed by atoms with Crippen molar-refractivity contribution < 1.29 is 23.4 Å². The Labute approximate surface area is 195 Å². The third kappa shape index (κ3) is 4.42. The first kappa shape index (κ1) is 21.8. The maximum Gasteiger partial charge on any atom is 0.347 e. The number of fused-ring (bicyclic) bond motifs is 1. The van der Waals surface area contributed by atoms with Gasteiger partial charge in [-0.1, -0.05) is 0 Å². The zero-order chi connectivity index (χ0) is 23.7. The van der Waals surface area contributed by atoms with E-state index in [1.807, 2.05) is 13.1 Å². The number of piperidine rings is 1. The number of likely N-dealkylation sites (tertiary alicyclic amines) is 1. The van der Waals surface area contributed by atoms with E-state index in [9.17, 15) is 14.3 Å². The zero-order valence-electron chi connectivity index (χ0n) is 18.5. The first-order chi connectivity index (χ1) is 16.5. The van der Waals surface area contributed by atoms with Crippen LogP contribution in [0.4, 0.5) is 21.8 Å². The molecule has 0 unspecified atom stereocenters. The molecule has 1 saturated heterocycles. The number of allylic oxidation sites excluding steroid dienone is 1. The summed E-state index contributed by atoms with van der Waals surface area (Å²) in [5.74, 6) is -0.791. The van der Waals surface area contributed by atoms with E-state index in [4.69, 9.17) is 9.15 Å². The van der Waals surface area contributed by atoms with Crippen LogP contribution in [0, 0.1) is 5.82 Å². The monoisotopic (exact) mass is 462 g/mol. The van der Waals surface area contributed by atoms with Gasteiger partial charge >= 0.3 is 5.97 Å². The Morgan fingerprint density at radius 3 is 2.79 bits per heavy atom. The Kier molecular flexibility index (Phi) is 5.85. The second-order valence-corrected chi connectivity index (χ2v) is 8.29. The molecular weight excluding hydrogens is 439 g/mol. The van der Waals surface area contributed by atoms with E-state index < -0.39 is 11.8 Å². The van der Waals surface area contributed by atoms with Crippen molar-refractivity contribution >= 4 is 41.2 Å². The Morgan fingerprint density at radius 2 is 2.03 bits per heavy atom. The molecule has 9 heteroatoms. The molecule has 2 N–H and O–H groups in total. The Balaban J connectivity index is 1.49. The fraction of sp³-hybridized carbons (Fsp3) is 0.240. The van der Waals surface area contributed by atoms with E-state index in [0.29, 0.717) is 29.9 Å². The molecule has 0 aliphatic carbocycles. The molecule has 0 amide bonds. The van der Waals surface area contributed by atoms with Gasteiger partial charge in [-0.3, -0.25) is 0 Å². The molecule has 5 rings (SSSR count). The van der Waals surface area contributed by atoms with Gasteiger partial charge < -0.3 is 24.5 Å². The number of carbonyl (C=O) groups excluding carboxylic acids is 1. The number of hydrogen-bond acceptors (Lipinski definition) is 8. The number of rotatable bonds is 5. The second-order valence-electron chi connectivity index (χ2n) is 8.29. The van der Waals surface area contributed by atoms with Crippen LogP contribution < -0.4 is 5.32 Å². The number of aromatic hydroxyl groups is 1. The van der Waals surface area contributed by atoms with Crippen molar-refractivity contribution in [3.05, 3.63) is 65.3 Å². The molecule has 0 atom stereocenters. The lowest BCUT2D eigenvalue weighted by atomic mass is 10.1. The number of pyridine rings is 1. The predicted octanol–water partition coefficient (Wildman–Crippen LogP) is 4.77. The number of carbonyl (C=O) groups is 1. The second kappa shape index (κ2) is 9.11. The molecule has 34 heavy (non-hydrogen) atoms. The number of nitrogens with zero attached hydrogens (tertiary/aromatic N) is 3. The van der Waals surface area contributed by atoms with Gasteiger partial charge in [0.25, 0.3) is 0 Å². The summed E-state index contributed by atoms with van der Waals surface area (Å²) in [4.78, 5) is 23.7. The summed E-state index contributed by atoms with van der Waals surface area (Å²) >= 11 is 0. The first-order valence-corrected chi connectivity index (χ1v) is 11.0. The zero-order valence-corrected chi connectivity index (χ0v) is 18.5. The molecule has 1 aromatic carbocycles. The number of halogens is 1. The summed E-state index contributed by atoms with van der Waals surface area (Å²) in [6.45, 7) is 1.64. The van der Waals surface area contributed by atoms with Crippen molar-refractivity contribution in [1.29, 1.82) is 0 Å². The molecule has 0 bridgehead atoms. The molecule has 0 spiro atoms. The fourth-order valence-corrected chi connectivity index (χ4v) is 3.97. The highest BCUT2D eigenvalue weighted by Gasteiger charge is 2.30. The Morgan fingerprint density at radius 1 is 1.26 bits per heavy atom. The van der Waals surface area contributed by atoms with Gasteiger partial charge in [0.2, 0.25) is 5.88 Å². The maximum atomic E-state index is 13.3. The Bertz CT molecular complexity index is 1270. The van der Waals surface area contributed by atoms with E-state index in [0.717, 1.165) is 18.7 Å². The summed E-state index contributed by atoms with van der Waals surface area (Å²) in [5.41, 5.74) is 1.83. The molecule has 2 aliphatic heterocycles. The summed E-state index contributed by atoms with van der Waals surface area (Å²) < 4.78 is 24.9. The van der Waals surface area contributed by atoms with Gasteiger partial charge in [0.05, 0.1) is 0 Å². The summed E-state index contributed by atoms with van der Waals surface area (Å²) in [6, 6.07) is 9.21. The average molecular weight is 462 g/mol. The number of aromatic nitrogens is 1. The number of esters is 1. The van der Waals surface area contributed by atoms with Crippen LogP contribution >= 0.6 is 0 Å². The number of furan rings is 1. The average Bonchev–Trinajstić information content (AvgIpc) is 3.38. The molecule has 0 radical (unpaired) electrons. The molecular formula is C25H23FN4O4. The lowest BCUT2D eigenvalue weighted by molar-refractivity contribution is 0.0138. The van der Waals surface area contributed by atoms with Gasteiger partial charge in [-0.05, 0) is 62.4 Å². The summed E-state index contributed by atoms with van der Waals surface area (Å²) in [7, 11) is 2.02. The van der Waals surface area contributed by atoms with Gasteiger partial charge in [-0.25, -0.2) is 19.2 Å². The quantitative estimate of drug-likeness (QED) is 0.527. The standard InChI is InChI=1S/C25H23FN4O4/c1-30-11-8-18(9-12-30)33-25(32)21-22(31)20(13-15-14-28-23-19(15)3-2-10-27-23)34-24(21)29-17-6-4-16(26)5-7-17/h2-7,10,13-14,18,29,31H,8-9,11-12H2,1H3. The topological polar surface area (TPSA) is 100 Å². The molecule has 3 aromatic rings. The summed E-state index contributed by atoms with van der Waals surface area (Å²) in [6.07, 6.45) is 6.01. The maximum absolute atomic E-state index is 13.3. The van der Waals surface area contributed by atoms with E-state index in [1.165, 1.54) is 24.3 Å². The van der Waals surface area contributed by atoms with Crippen molar-refractivity contribution in [3.63, 3.8) is 0 Å². The fourth-order valence-electron chi connectivity index (χ4n) is 3.97. The van der Waals surface area contributed by atoms with Crippen LogP contribution in [0.15, 0.2) is 52.0 Å². The van der Waals surface area contributed by atoms with Gasteiger partial charge in [-0.15, -0.1) is 0 Å². The predicted molar refractivity (Wildman–Crippen MR) is 126 cm³/mol. The molecule has 174 valence electrons. The highest BCUT2D eigenvalue weighted by molar-refractivity contribution is 6.21. The molecule has 2 aliphatic rings. The minimum atomic E-state index is -0.688. The molecule has 0 saturated carbocycles. The van der Waals surface area contributed by atoms with Crippen molar-refractivity contribution in [3.8, 4) is 5.75 Å². The third-order valence-corrected chi connectivity index (χ3v) is 5.86. The van der Waals surface area contributed by atoms with Crippen molar-refractivity contribution in [2.45, 2.75) is 18.9 Å². The SMILES string of the molecule is CN1CCC(OC(=O)c2c(Nc3ccc(F)cc3)oc(C=C3C=Nc4ncccc43)c2O)CC1. The van der Waals surface area contributed by atoms with Crippen LogP contribution in [0.5, 0.6) is 5.75 Å². The lowest BCUT2D eigenvalue weighted by Crippen LogP contribution is -2.35. The van der Waals surface area contributed by atoms with Crippen LogP contribution in [-0.2, 0) is 4.74 Å². The van der Waals surface area contributed by atoms with Crippen LogP contribution in [0.1, 0.15) is 34.5 Å². The highest BCUT2D eigenvalue weighted by Crippen LogP contribution is 2.39. The van der Waals surface area contributed by atoms with Crippen LogP contribution in [0.25, 0.3) is 11.6 Å². The number of nitrogens with one attached hydrogen (secondary N) is 1. The van der Waals surface area contributed by atoms with Crippen LogP contribution in [0.3, 0.4) is 0 Å². The number of hydrogen-bond donors (Lipinski definition) is 2. The highest BCUT2D eigenvalue weighted by atomic mass is 19.1. The molecule has 1 fully saturated rings. The van der Waals surface area contributed by atoms with Crippen LogP contribution in [0.2, 0.25) is 0 Å².